The molecule has 0 N–H and O–H groups in total. The van der Waals surface area contributed by atoms with Gasteiger partial charge in [0.15, 0.2) is 6.29 Å². The van der Waals surface area contributed by atoms with Gasteiger partial charge in [-0.3, -0.25) is 0 Å². The fourth-order valence-electron chi connectivity index (χ4n) is 2.26. The van der Waals surface area contributed by atoms with Gasteiger partial charge in [-0.25, -0.2) is 0 Å². The highest BCUT2D eigenvalue weighted by atomic mass is 16.7. The first kappa shape index (κ1) is 24.0. The van der Waals surface area contributed by atoms with Crippen molar-refractivity contribution in [2.75, 3.05) is 13.2 Å². The van der Waals surface area contributed by atoms with Gasteiger partial charge in [-0.15, -0.1) is 23.7 Å². The van der Waals surface area contributed by atoms with E-state index >= 15 is 0 Å². The van der Waals surface area contributed by atoms with Gasteiger partial charge in [-0.1, -0.05) is 60.3 Å². The average molecular weight is 349 g/mol. The molecule has 0 aliphatic rings. The third-order valence-electron chi connectivity index (χ3n) is 3.76. The highest BCUT2D eigenvalue weighted by Gasteiger charge is 2.25. The lowest BCUT2D eigenvalue weighted by atomic mass is 9.96. The van der Waals surface area contributed by atoms with Gasteiger partial charge in [0.2, 0.25) is 0 Å². The van der Waals surface area contributed by atoms with Gasteiger partial charge < -0.3 is 9.47 Å². The third-order valence-corrected chi connectivity index (χ3v) is 3.76. The zero-order chi connectivity index (χ0) is 18.8. The number of hydrogen-bond acceptors (Lipinski definition) is 2. The number of ether oxygens (including phenoxy) is 2. The molecule has 0 bridgehead atoms. The summed E-state index contributed by atoms with van der Waals surface area (Å²) in [6.07, 6.45) is 10.8. The van der Waals surface area contributed by atoms with Crippen LogP contribution in [0.25, 0.3) is 0 Å². The maximum Gasteiger partial charge on any atom is 0.162 e. The van der Waals surface area contributed by atoms with Crippen LogP contribution in [0, 0.1) is 29.1 Å². The van der Waals surface area contributed by atoms with Gasteiger partial charge in [0.1, 0.15) is 0 Å². The van der Waals surface area contributed by atoms with E-state index in [0.29, 0.717) is 13.2 Å². The molecule has 0 aromatic carbocycles. The van der Waals surface area contributed by atoms with Crippen molar-refractivity contribution in [2.45, 2.75) is 105 Å². The molecule has 0 rings (SSSR count). The molecule has 25 heavy (non-hydrogen) atoms. The predicted octanol–water partition coefficient (Wildman–Crippen LogP) is 6.34. The number of unbranched alkanes of at least 4 members (excludes halogenated alkanes) is 6. The molecule has 144 valence electrons. The van der Waals surface area contributed by atoms with Gasteiger partial charge in [-0.05, 0) is 12.8 Å². The first-order chi connectivity index (χ1) is 12.0. The van der Waals surface area contributed by atoms with Crippen LogP contribution in [0.3, 0.4) is 0 Å². The molecule has 2 nitrogen and oxygen atoms in total. The van der Waals surface area contributed by atoms with Crippen LogP contribution in [-0.4, -0.2) is 19.5 Å². The molecule has 0 aliphatic heterocycles. The average Bonchev–Trinajstić information content (AvgIpc) is 2.56. The Kier molecular flexibility index (Phi) is 15.9. The van der Waals surface area contributed by atoms with Crippen molar-refractivity contribution in [1.82, 2.24) is 0 Å². The topological polar surface area (TPSA) is 18.5 Å². The minimum absolute atomic E-state index is 0.0386. The Morgan fingerprint density at radius 2 is 1.04 bits per heavy atom. The summed E-state index contributed by atoms with van der Waals surface area (Å²) in [4.78, 5) is 0. The molecular weight excluding hydrogens is 308 g/mol. The van der Waals surface area contributed by atoms with Crippen molar-refractivity contribution in [3.63, 3.8) is 0 Å². The normalized spacial score (nSPS) is 11.0. The second-order valence-corrected chi connectivity index (χ2v) is 7.56. The quantitative estimate of drug-likeness (QED) is 0.233. The van der Waals surface area contributed by atoms with E-state index in [9.17, 15) is 0 Å². The van der Waals surface area contributed by atoms with Crippen LogP contribution in [0.2, 0.25) is 0 Å². The van der Waals surface area contributed by atoms with Crippen molar-refractivity contribution in [3.05, 3.63) is 0 Å². The molecule has 0 aliphatic carbocycles. The van der Waals surface area contributed by atoms with E-state index in [1.54, 1.807) is 0 Å². The van der Waals surface area contributed by atoms with E-state index in [1.807, 2.05) is 0 Å². The largest absolute Gasteiger partial charge is 0.351 e. The van der Waals surface area contributed by atoms with E-state index in [4.69, 9.17) is 9.47 Å². The van der Waals surface area contributed by atoms with Gasteiger partial charge in [-0.2, -0.15) is 0 Å². The predicted molar refractivity (Wildman–Crippen MR) is 108 cm³/mol. The Bertz CT molecular complexity index is 377. The van der Waals surface area contributed by atoms with Crippen LogP contribution in [0.1, 0.15) is 98.8 Å². The molecule has 0 saturated heterocycles. The van der Waals surface area contributed by atoms with Crippen LogP contribution in [0.4, 0.5) is 0 Å². The monoisotopic (exact) mass is 348 g/mol. The van der Waals surface area contributed by atoms with E-state index in [0.717, 1.165) is 25.7 Å². The SMILES string of the molecule is CCCCCC#CCCOC(OCCC#CCCCCC)C(C)(C)C. The molecule has 0 aromatic heterocycles. The van der Waals surface area contributed by atoms with Gasteiger partial charge in [0.25, 0.3) is 0 Å². The lowest BCUT2D eigenvalue weighted by Gasteiger charge is -2.30. The zero-order valence-corrected chi connectivity index (χ0v) is 17.4. The molecule has 0 saturated carbocycles. The Balaban J connectivity index is 3.94. The van der Waals surface area contributed by atoms with Gasteiger partial charge in [0.05, 0.1) is 13.2 Å². The highest BCUT2D eigenvalue weighted by Crippen LogP contribution is 2.23. The molecule has 0 radical (unpaired) electrons. The molecule has 0 aromatic rings. The Labute approximate surface area is 157 Å². The lowest BCUT2D eigenvalue weighted by Crippen LogP contribution is -2.32. The summed E-state index contributed by atoms with van der Waals surface area (Å²) in [5, 5.41) is 0. The molecule has 2 heteroatoms. The molecule has 0 atom stereocenters. The van der Waals surface area contributed by atoms with Gasteiger partial charge in [0, 0.05) is 31.1 Å². The third kappa shape index (κ3) is 16.3. The van der Waals surface area contributed by atoms with E-state index in [1.165, 1.54) is 38.5 Å². The van der Waals surface area contributed by atoms with Crippen molar-refractivity contribution < 1.29 is 9.47 Å². The number of rotatable bonds is 12. The van der Waals surface area contributed by atoms with E-state index in [-0.39, 0.29) is 11.7 Å². The summed E-state index contributed by atoms with van der Waals surface area (Å²) < 4.78 is 11.8. The van der Waals surface area contributed by atoms with Crippen LogP contribution >= 0.6 is 0 Å². The van der Waals surface area contributed by atoms with Gasteiger partial charge >= 0.3 is 0 Å². The first-order valence-corrected chi connectivity index (χ1v) is 10.2. The first-order valence-electron chi connectivity index (χ1n) is 10.2. The Morgan fingerprint density at radius 1 is 0.640 bits per heavy atom. The van der Waals surface area contributed by atoms with Crippen LogP contribution in [-0.2, 0) is 9.47 Å². The molecule has 0 heterocycles. The fourth-order valence-corrected chi connectivity index (χ4v) is 2.26. The molecule has 0 fully saturated rings. The highest BCUT2D eigenvalue weighted by molar-refractivity contribution is 4.99. The van der Waals surface area contributed by atoms with E-state index in [2.05, 4.69) is 58.3 Å². The summed E-state index contributed by atoms with van der Waals surface area (Å²) in [5.74, 6) is 12.8. The minimum atomic E-state index is -0.198. The van der Waals surface area contributed by atoms with E-state index < -0.39 is 0 Å². The maximum absolute atomic E-state index is 5.92. The maximum atomic E-state index is 5.92. The van der Waals surface area contributed by atoms with Crippen molar-refractivity contribution in [1.29, 1.82) is 0 Å². The Hall–Kier alpha value is -0.960. The van der Waals surface area contributed by atoms with Crippen LogP contribution in [0.5, 0.6) is 0 Å². The summed E-state index contributed by atoms with van der Waals surface area (Å²) in [5.41, 5.74) is -0.0386. The van der Waals surface area contributed by atoms with Crippen molar-refractivity contribution in [3.8, 4) is 23.7 Å². The van der Waals surface area contributed by atoms with Crippen LogP contribution in [0.15, 0.2) is 0 Å². The second kappa shape index (κ2) is 16.5. The molecule has 0 unspecified atom stereocenters. The number of hydrogen-bond donors (Lipinski definition) is 0. The molecular formula is C23H40O2. The van der Waals surface area contributed by atoms with Crippen molar-refractivity contribution >= 4 is 0 Å². The standard InChI is InChI=1S/C23H40O2/c1-6-8-10-12-14-16-18-20-24-22(23(3,4)5)25-21-19-17-15-13-11-9-7-2/h22H,6-13,18-21H2,1-5H3. The summed E-state index contributed by atoms with van der Waals surface area (Å²) in [6.45, 7) is 12.1. The Morgan fingerprint density at radius 3 is 1.40 bits per heavy atom. The summed E-state index contributed by atoms with van der Waals surface area (Å²) >= 11 is 0. The molecule has 0 amide bonds. The van der Waals surface area contributed by atoms with Crippen molar-refractivity contribution in [2.24, 2.45) is 5.41 Å². The zero-order valence-electron chi connectivity index (χ0n) is 17.4. The fraction of sp³-hybridized carbons (Fsp3) is 0.826. The lowest BCUT2D eigenvalue weighted by molar-refractivity contribution is -0.192. The smallest absolute Gasteiger partial charge is 0.162 e. The molecule has 0 spiro atoms. The summed E-state index contributed by atoms with van der Waals surface area (Å²) in [7, 11) is 0. The second-order valence-electron chi connectivity index (χ2n) is 7.56. The minimum Gasteiger partial charge on any atom is -0.351 e. The summed E-state index contributed by atoms with van der Waals surface area (Å²) in [6, 6.07) is 0. The van der Waals surface area contributed by atoms with Crippen LogP contribution < -0.4 is 0 Å².